The zero-order chi connectivity index (χ0) is 20.2. The van der Waals surface area contributed by atoms with Gasteiger partial charge < -0.3 is 4.74 Å². The highest BCUT2D eigenvalue weighted by Gasteiger charge is 2.10. The maximum Gasteiger partial charge on any atom is 0.291 e. The number of fused-ring (bicyclic) bond motifs is 1. The second-order valence-corrected chi connectivity index (χ2v) is 7.36. The van der Waals surface area contributed by atoms with Gasteiger partial charge in [-0.15, -0.1) is 5.10 Å². The van der Waals surface area contributed by atoms with E-state index in [1.165, 1.54) is 28.0 Å². The molecule has 0 saturated heterocycles. The smallest absolute Gasteiger partial charge is 0.291 e. The molecule has 0 fully saturated rings. The van der Waals surface area contributed by atoms with Crippen molar-refractivity contribution in [2.45, 2.75) is 13.3 Å². The lowest BCUT2D eigenvalue weighted by Gasteiger charge is -2.07. The summed E-state index contributed by atoms with van der Waals surface area (Å²) in [5.41, 5.74) is 1.45. The number of ether oxygens (including phenoxy) is 1. The van der Waals surface area contributed by atoms with E-state index < -0.39 is 0 Å². The van der Waals surface area contributed by atoms with Crippen LogP contribution in [0.3, 0.4) is 0 Å². The van der Waals surface area contributed by atoms with Gasteiger partial charge in [-0.2, -0.15) is 9.50 Å². The number of benzene rings is 2. The van der Waals surface area contributed by atoms with Crippen molar-refractivity contribution in [2.75, 3.05) is 6.61 Å². The summed E-state index contributed by atoms with van der Waals surface area (Å²) in [6.45, 7) is 2.66. The van der Waals surface area contributed by atoms with Gasteiger partial charge in [-0.25, -0.2) is 4.39 Å². The van der Waals surface area contributed by atoms with E-state index in [-0.39, 0.29) is 11.4 Å². The van der Waals surface area contributed by atoms with E-state index in [4.69, 9.17) is 4.74 Å². The summed E-state index contributed by atoms with van der Waals surface area (Å²) in [7, 11) is 0. The number of rotatable bonds is 6. The van der Waals surface area contributed by atoms with Crippen molar-refractivity contribution in [3.63, 3.8) is 0 Å². The standard InChI is InChI=1S/C22H18FN3O2S/c1-2-13-28-18-6-4-3-5-16(18)14-19-21(27)26-22(29-19)24-20(25-26)12-9-15-7-10-17(23)11-8-15/h3-12,14H,2,13H2,1H3/b12-9+,19-14+. The highest BCUT2D eigenvalue weighted by atomic mass is 32.1. The molecule has 0 atom stereocenters. The molecule has 29 heavy (non-hydrogen) atoms. The van der Waals surface area contributed by atoms with E-state index in [0.717, 1.165) is 23.3 Å². The molecule has 0 aliphatic heterocycles. The first-order valence-corrected chi connectivity index (χ1v) is 10.0. The Balaban J connectivity index is 1.65. The minimum Gasteiger partial charge on any atom is -0.493 e. The van der Waals surface area contributed by atoms with Crippen LogP contribution in [0.4, 0.5) is 4.39 Å². The van der Waals surface area contributed by atoms with Crippen molar-refractivity contribution < 1.29 is 9.13 Å². The molecule has 0 amide bonds. The van der Waals surface area contributed by atoms with Gasteiger partial charge in [0.2, 0.25) is 4.96 Å². The third-order valence-electron chi connectivity index (χ3n) is 4.16. The molecule has 0 aliphatic rings. The number of hydrogen-bond donors (Lipinski definition) is 0. The summed E-state index contributed by atoms with van der Waals surface area (Å²) in [5, 5.41) is 4.27. The van der Waals surface area contributed by atoms with Gasteiger partial charge in [-0.1, -0.05) is 54.7 Å². The Hall–Kier alpha value is -3.32. The molecule has 0 aliphatic carbocycles. The predicted molar refractivity (Wildman–Crippen MR) is 113 cm³/mol. The van der Waals surface area contributed by atoms with Crippen molar-refractivity contribution in [2.24, 2.45) is 0 Å². The highest BCUT2D eigenvalue weighted by Crippen LogP contribution is 2.19. The fourth-order valence-corrected chi connectivity index (χ4v) is 3.65. The van der Waals surface area contributed by atoms with Crippen LogP contribution >= 0.6 is 11.3 Å². The summed E-state index contributed by atoms with van der Waals surface area (Å²) in [5.74, 6) is 0.885. The van der Waals surface area contributed by atoms with Crippen molar-refractivity contribution in [1.82, 2.24) is 14.6 Å². The molecule has 7 heteroatoms. The van der Waals surface area contributed by atoms with Crippen LogP contribution in [0.2, 0.25) is 0 Å². The molecule has 4 aromatic rings. The van der Waals surface area contributed by atoms with Crippen LogP contribution in [-0.4, -0.2) is 21.2 Å². The van der Waals surface area contributed by atoms with Gasteiger partial charge in [0.05, 0.1) is 11.1 Å². The maximum atomic E-state index is 13.0. The van der Waals surface area contributed by atoms with E-state index in [1.807, 2.05) is 37.3 Å². The van der Waals surface area contributed by atoms with Crippen molar-refractivity contribution in [3.8, 4) is 5.75 Å². The molecule has 0 saturated carbocycles. The molecule has 146 valence electrons. The highest BCUT2D eigenvalue weighted by molar-refractivity contribution is 7.15. The number of hydrogen-bond acceptors (Lipinski definition) is 5. The molecule has 5 nitrogen and oxygen atoms in total. The van der Waals surface area contributed by atoms with Crippen LogP contribution in [0.1, 0.15) is 30.3 Å². The average molecular weight is 407 g/mol. The van der Waals surface area contributed by atoms with Crippen LogP contribution < -0.4 is 14.8 Å². The lowest BCUT2D eigenvalue weighted by atomic mass is 10.2. The fourth-order valence-electron chi connectivity index (χ4n) is 2.75. The summed E-state index contributed by atoms with van der Waals surface area (Å²) in [6.07, 6.45) is 6.19. The number of para-hydroxylation sites is 1. The van der Waals surface area contributed by atoms with Crippen LogP contribution in [0, 0.1) is 5.82 Å². The Labute approximate surface area is 170 Å². The van der Waals surface area contributed by atoms with Crippen LogP contribution in [-0.2, 0) is 0 Å². The second-order valence-electron chi connectivity index (χ2n) is 6.35. The van der Waals surface area contributed by atoms with Gasteiger partial charge >= 0.3 is 0 Å². The largest absolute Gasteiger partial charge is 0.493 e. The van der Waals surface area contributed by atoms with Gasteiger partial charge in [0.25, 0.3) is 5.56 Å². The van der Waals surface area contributed by atoms with Gasteiger partial charge in [0, 0.05) is 5.56 Å². The normalized spacial score (nSPS) is 12.3. The molecule has 2 aromatic carbocycles. The molecule has 2 heterocycles. The summed E-state index contributed by atoms with van der Waals surface area (Å²) < 4.78 is 20.6. The Kier molecular flexibility index (Phi) is 5.48. The number of halogens is 1. The number of nitrogens with zero attached hydrogens (tertiary/aromatic N) is 3. The summed E-state index contributed by atoms with van der Waals surface area (Å²) in [4.78, 5) is 17.6. The Morgan fingerprint density at radius 1 is 1.14 bits per heavy atom. The summed E-state index contributed by atoms with van der Waals surface area (Å²) >= 11 is 1.28. The molecule has 0 radical (unpaired) electrons. The van der Waals surface area contributed by atoms with E-state index in [9.17, 15) is 9.18 Å². The van der Waals surface area contributed by atoms with Crippen LogP contribution in [0.15, 0.2) is 53.3 Å². The van der Waals surface area contributed by atoms with Crippen LogP contribution in [0.25, 0.3) is 23.2 Å². The molecular formula is C22H18FN3O2S. The third kappa shape index (κ3) is 4.25. The zero-order valence-corrected chi connectivity index (χ0v) is 16.5. The van der Waals surface area contributed by atoms with Gasteiger partial charge in [-0.05, 0) is 42.3 Å². The van der Waals surface area contributed by atoms with Gasteiger partial charge in [-0.3, -0.25) is 4.79 Å². The van der Waals surface area contributed by atoms with E-state index in [1.54, 1.807) is 24.3 Å². The molecule has 4 rings (SSSR count). The lowest BCUT2D eigenvalue weighted by molar-refractivity contribution is 0.317. The first-order valence-electron chi connectivity index (χ1n) is 9.21. The number of aromatic nitrogens is 3. The van der Waals surface area contributed by atoms with E-state index in [2.05, 4.69) is 10.1 Å². The molecule has 0 spiro atoms. The lowest BCUT2D eigenvalue weighted by Crippen LogP contribution is -2.23. The fraction of sp³-hybridized carbons (Fsp3) is 0.136. The molecular weight excluding hydrogens is 389 g/mol. The van der Waals surface area contributed by atoms with Crippen molar-refractivity contribution >= 4 is 34.5 Å². The van der Waals surface area contributed by atoms with Crippen LogP contribution in [0.5, 0.6) is 5.75 Å². The van der Waals surface area contributed by atoms with Crippen molar-refractivity contribution in [1.29, 1.82) is 0 Å². The predicted octanol–water partition coefficient (Wildman–Crippen LogP) is 3.80. The molecule has 0 bridgehead atoms. The topological polar surface area (TPSA) is 56.5 Å². The third-order valence-corrected chi connectivity index (χ3v) is 5.12. The maximum absolute atomic E-state index is 13.0. The number of thiazole rings is 1. The Bertz CT molecular complexity index is 1280. The monoisotopic (exact) mass is 407 g/mol. The first kappa shape index (κ1) is 19.0. The minimum atomic E-state index is -0.288. The second kappa shape index (κ2) is 8.36. The average Bonchev–Trinajstić information content (AvgIpc) is 3.26. The zero-order valence-electron chi connectivity index (χ0n) is 15.7. The first-order chi connectivity index (χ1) is 14.1. The van der Waals surface area contributed by atoms with Gasteiger partial charge in [0.1, 0.15) is 11.6 Å². The Morgan fingerprint density at radius 2 is 1.93 bits per heavy atom. The Morgan fingerprint density at radius 3 is 2.69 bits per heavy atom. The minimum absolute atomic E-state index is 0.218. The van der Waals surface area contributed by atoms with Gasteiger partial charge in [0.15, 0.2) is 5.82 Å². The quantitative estimate of drug-likeness (QED) is 0.488. The van der Waals surface area contributed by atoms with E-state index >= 15 is 0 Å². The molecule has 2 aromatic heterocycles. The molecule has 0 N–H and O–H groups in total. The molecule has 0 unspecified atom stereocenters. The van der Waals surface area contributed by atoms with Crippen molar-refractivity contribution in [3.05, 3.63) is 86.2 Å². The van der Waals surface area contributed by atoms with E-state index in [0.29, 0.717) is 21.9 Å². The summed E-state index contributed by atoms with van der Waals surface area (Å²) in [6, 6.07) is 13.7. The SMILES string of the molecule is CCCOc1ccccc1/C=c1/sc2nc(/C=C/c3ccc(F)cc3)nn2c1=O.